The smallest absolute Gasteiger partial charge is 0.241 e. The summed E-state index contributed by atoms with van der Waals surface area (Å²) in [6, 6.07) is 0. The van der Waals surface area contributed by atoms with Crippen LogP contribution in [0.3, 0.4) is 0 Å². The first-order valence-corrected chi connectivity index (χ1v) is 0.921. The molecule has 0 bridgehead atoms. The molecule has 0 aliphatic rings. The summed E-state index contributed by atoms with van der Waals surface area (Å²) in [5.41, 5.74) is 0. The van der Waals surface area contributed by atoms with Gasteiger partial charge in [-0.3, -0.25) is 0 Å². The van der Waals surface area contributed by atoms with Crippen molar-refractivity contribution in [3.63, 3.8) is 0 Å². The maximum atomic E-state index is 10.2. The van der Waals surface area contributed by atoms with Gasteiger partial charge in [-0.05, 0) is 0 Å². The molecule has 0 N–H and O–H groups in total. The monoisotopic (exact) mass is 106 g/mol. The summed E-state index contributed by atoms with van der Waals surface area (Å²) in [6.07, 6.45) is -4.25. The van der Waals surface area contributed by atoms with Gasteiger partial charge in [0.2, 0.25) is 0 Å². The van der Waals surface area contributed by atoms with E-state index in [-0.39, 0.29) is 29.6 Å². The van der Waals surface area contributed by atoms with E-state index in [9.17, 15) is 13.2 Å². The van der Waals surface area contributed by atoms with E-state index in [0.29, 0.717) is 0 Å². The van der Waals surface area contributed by atoms with Crippen LogP contribution >= 0.6 is 0 Å². The number of halogens is 3. The third-order valence-corrected chi connectivity index (χ3v) is 0. The summed E-state index contributed by atoms with van der Waals surface area (Å²) < 4.78 is 30.7. The molecule has 0 spiro atoms. The van der Waals surface area contributed by atoms with Gasteiger partial charge in [0.25, 0.3) is 6.18 Å². The number of hydrogen-bond acceptors (Lipinski definition) is 0. The molecule has 0 rings (SSSR count). The van der Waals surface area contributed by atoms with Crippen molar-refractivity contribution in [2.75, 3.05) is 0 Å². The van der Waals surface area contributed by atoms with Gasteiger partial charge in [0, 0.05) is 0 Å². The molecule has 0 unspecified atom stereocenters. The third-order valence-electron chi connectivity index (χ3n) is 0. The molecular formula is C2H2F3Na. The van der Waals surface area contributed by atoms with Gasteiger partial charge in [0.05, 0.1) is 0 Å². The molecular weight excluding hydrogens is 104 g/mol. The van der Waals surface area contributed by atoms with Crippen LogP contribution in [0.4, 0.5) is 13.2 Å². The first-order chi connectivity index (χ1) is 2.00. The van der Waals surface area contributed by atoms with Crippen molar-refractivity contribution in [2.24, 2.45) is 0 Å². The molecule has 0 aromatic carbocycles. The molecule has 0 radical (unpaired) electrons. The van der Waals surface area contributed by atoms with Crippen molar-refractivity contribution < 1.29 is 42.7 Å². The SMILES string of the molecule is [CH2-]C(F)(F)F.[Na+]. The largest absolute Gasteiger partial charge is 1.00 e. The first kappa shape index (κ1) is 9.92. The second-order valence-electron chi connectivity index (χ2n) is 0.615. The minimum atomic E-state index is -4.25. The zero-order valence-corrected chi connectivity index (χ0v) is 5.34. The minimum Gasteiger partial charge on any atom is -0.241 e. The first-order valence-electron chi connectivity index (χ1n) is 0.921. The fraction of sp³-hybridized carbons (Fsp3) is 0.500. The van der Waals surface area contributed by atoms with Crippen LogP contribution in [0.25, 0.3) is 0 Å². The van der Waals surface area contributed by atoms with E-state index in [1.165, 1.54) is 0 Å². The van der Waals surface area contributed by atoms with E-state index in [1.54, 1.807) is 6.92 Å². The standard InChI is InChI=1S/C2H2F3.Na/c1-2(3,4)5;/h1H2;/q-1;+1. The molecule has 0 saturated carbocycles. The molecule has 0 nitrogen and oxygen atoms in total. The van der Waals surface area contributed by atoms with E-state index >= 15 is 0 Å². The van der Waals surface area contributed by atoms with Gasteiger partial charge in [0.1, 0.15) is 0 Å². The van der Waals surface area contributed by atoms with Crippen molar-refractivity contribution in [2.45, 2.75) is 6.18 Å². The average Bonchev–Trinajstić information content (AvgIpc) is 0.722. The van der Waals surface area contributed by atoms with Gasteiger partial charge in [-0.25, -0.2) is 20.1 Å². The van der Waals surface area contributed by atoms with Crippen LogP contribution in [0, 0.1) is 6.92 Å². The Bertz CT molecular complexity index is 24.3. The van der Waals surface area contributed by atoms with Crippen LogP contribution in [0.5, 0.6) is 0 Å². The molecule has 4 heteroatoms. The van der Waals surface area contributed by atoms with Crippen LogP contribution in [0.1, 0.15) is 0 Å². The summed E-state index contributed by atoms with van der Waals surface area (Å²) in [5.74, 6) is 0. The molecule has 0 aliphatic heterocycles. The molecule has 0 fully saturated rings. The zero-order chi connectivity index (χ0) is 4.50. The molecule has 0 aromatic heterocycles. The van der Waals surface area contributed by atoms with Crippen molar-refractivity contribution in [3.05, 3.63) is 6.92 Å². The van der Waals surface area contributed by atoms with Crippen molar-refractivity contribution in [1.29, 1.82) is 0 Å². The topological polar surface area (TPSA) is 0 Å². The Balaban J connectivity index is 0. The van der Waals surface area contributed by atoms with E-state index in [1.807, 2.05) is 0 Å². The summed E-state index contributed by atoms with van der Waals surface area (Å²) in [4.78, 5) is 0. The summed E-state index contributed by atoms with van der Waals surface area (Å²) in [7, 11) is 0. The van der Waals surface area contributed by atoms with Crippen molar-refractivity contribution in [3.8, 4) is 0 Å². The summed E-state index contributed by atoms with van der Waals surface area (Å²) in [6.45, 7) is 1.77. The van der Waals surface area contributed by atoms with Gasteiger partial charge < -0.3 is 0 Å². The molecule has 0 amide bonds. The predicted molar refractivity (Wildman–Crippen MR) is 11.4 cm³/mol. The third kappa shape index (κ3) is 110. The zero-order valence-electron chi connectivity index (χ0n) is 3.34. The molecule has 6 heavy (non-hydrogen) atoms. The second kappa shape index (κ2) is 2.88. The Morgan fingerprint density at radius 1 is 1.17 bits per heavy atom. The molecule has 0 heterocycles. The van der Waals surface area contributed by atoms with Crippen LogP contribution in [-0.2, 0) is 0 Å². The Kier molecular flexibility index (Phi) is 4.76. The predicted octanol–water partition coefficient (Wildman–Crippen LogP) is -1.61. The Morgan fingerprint density at radius 3 is 1.17 bits per heavy atom. The fourth-order valence-corrected chi connectivity index (χ4v) is 0. The van der Waals surface area contributed by atoms with Crippen LogP contribution < -0.4 is 29.6 Å². The maximum absolute atomic E-state index is 10.2. The molecule has 0 saturated heterocycles. The van der Waals surface area contributed by atoms with Gasteiger partial charge in [0.15, 0.2) is 0 Å². The van der Waals surface area contributed by atoms with E-state index in [0.717, 1.165) is 0 Å². The van der Waals surface area contributed by atoms with Crippen molar-refractivity contribution in [1.82, 2.24) is 0 Å². The normalized spacial score (nSPS) is 10.0. The second-order valence-corrected chi connectivity index (χ2v) is 0.615. The quantitative estimate of drug-likeness (QED) is 0.257. The minimum absolute atomic E-state index is 0. The molecule has 32 valence electrons. The summed E-state index contributed by atoms with van der Waals surface area (Å²) >= 11 is 0. The Hall–Kier alpha value is 0.790. The fourth-order valence-electron chi connectivity index (χ4n) is 0. The van der Waals surface area contributed by atoms with E-state index in [2.05, 4.69) is 0 Å². The number of rotatable bonds is 0. The number of alkyl halides is 3. The van der Waals surface area contributed by atoms with Crippen LogP contribution in [0.15, 0.2) is 0 Å². The molecule has 0 aliphatic carbocycles. The van der Waals surface area contributed by atoms with Crippen molar-refractivity contribution >= 4 is 0 Å². The van der Waals surface area contributed by atoms with Crippen LogP contribution in [-0.4, -0.2) is 6.18 Å². The molecule has 0 aromatic rings. The van der Waals surface area contributed by atoms with Gasteiger partial charge in [-0.2, -0.15) is 0 Å². The Labute approximate surface area is 56.0 Å². The summed E-state index contributed by atoms with van der Waals surface area (Å²) in [5, 5.41) is 0. The van der Waals surface area contributed by atoms with Gasteiger partial charge in [-0.15, -0.1) is 0 Å². The van der Waals surface area contributed by atoms with Gasteiger partial charge in [-0.1, -0.05) is 0 Å². The van der Waals surface area contributed by atoms with Gasteiger partial charge >= 0.3 is 29.6 Å². The van der Waals surface area contributed by atoms with Crippen LogP contribution in [0.2, 0.25) is 0 Å². The average molecular weight is 106 g/mol. The van der Waals surface area contributed by atoms with E-state index < -0.39 is 6.18 Å². The van der Waals surface area contributed by atoms with E-state index in [4.69, 9.17) is 0 Å². The number of hydrogen-bond donors (Lipinski definition) is 0. The maximum Gasteiger partial charge on any atom is 1.00 e. The Morgan fingerprint density at radius 2 is 1.17 bits per heavy atom. The molecule has 0 atom stereocenters.